The summed E-state index contributed by atoms with van der Waals surface area (Å²) in [6, 6.07) is 0. The van der Waals surface area contributed by atoms with Crippen molar-refractivity contribution in [2.45, 2.75) is 24.5 Å². The summed E-state index contributed by atoms with van der Waals surface area (Å²) in [6.45, 7) is -5.84. The number of hydrogen-bond donors (Lipinski definition) is 3. The summed E-state index contributed by atoms with van der Waals surface area (Å²) < 4.78 is 39.8. The number of aliphatic hydroxyl groups is 2. The summed E-state index contributed by atoms with van der Waals surface area (Å²) in [4.78, 5) is 55.7. The number of rotatable bonds is 8. The molecule has 1 fully saturated rings. The zero-order chi connectivity index (χ0) is 23.2. The number of fused-ring (bicyclic) bond motifs is 1. The molecule has 3 heterocycles. The van der Waals surface area contributed by atoms with Crippen LogP contribution in [0.2, 0.25) is 0 Å². The van der Waals surface area contributed by atoms with Crippen molar-refractivity contribution in [3.05, 3.63) is 12.7 Å². The summed E-state index contributed by atoms with van der Waals surface area (Å²) in [7, 11) is -12.0. The van der Waals surface area contributed by atoms with E-state index >= 15 is 0 Å². The molecule has 25 heteroatoms. The standard InChI is InChI=1S/C10H16N5O12P3S.4Li/c11-8-5-9(13-2-12-8)15(3-14-5)10-7(17)6(16)4(25-10)1-24-30(23,31)27-29(21,22)26-28(18,19)20;;;;/h2-4,6-7,10,16-17H,1H2,(H,21,22)(H,23,31)(H2,11,12,13)(H2,18,19,20);;;;/q;4*+1/p-4/t4-,6-,7-,10-,30?;;;;/m1..../s1. The molecular formula is C10H12Li4N5O12P3S. The van der Waals surface area contributed by atoms with E-state index in [1.54, 1.807) is 0 Å². The van der Waals surface area contributed by atoms with Crippen LogP contribution < -0.4 is 101 Å². The molecule has 0 bridgehead atoms. The maximum Gasteiger partial charge on any atom is 1.00 e. The fourth-order valence-corrected chi connectivity index (χ4v) is 6.38. The van der Waals surface area contributed by atoms with Crippen LogP contribution in [0.5, 0.6) is 0 Å². The van der Waals surface area contributed by atoms with Gasteiger partial charge in [0.1, 0.15) is 36.9 Å². The van der Waals surface area contributed by atoms with E-state index < -0.39 is 53.5 Å². The largest absolute Gasteiger partial charge is 1.00 e. The predicted molar refractivity (Wildman–Crippen MR) is 93.3 cm³/mol. The SMILES string of the molecule is Nc1ncnc2c1ncn2[C@@H]1O[C@H](COP([O-])(=S)OP(=O)([O-])OP(=O)([O-])[O-])[C@@H](O)[C@H]1O.[Li+].[Li+].[Li+].[Li+]. The molecule has 1 saturated heterocycles. The molecule has 3 rings (SSSR count). The number of hydrogen-bond acceptors (Lipinski definition) is 17. The second-order valence-corrected chi connectivity index (χ2v) is 11.5. The number of aromatic nitrogens is 4. The minimum absolute atomic E-state index is 0. The van der Waals surface area contributed by atoms with Gasteiger partial charge in [0, 0.05) is 0 Å². The van der Waals surface area contributed by atoms with Crippen molar-refractivity contribution in [3.63, 3.8) is 0 Å². The number of anilines is 1. The molecule has 1 aliphatic heterocycles. The number of aliphatic hydroxyl groups excluding tert-OH is 2. The van der Waals surface area contributed by atoms with Gasteiger partial charge in [0.05, 0.1) is 20.8 Å². The van der Waals surface area contributed by atoms with Gasteiger partial charge < -0.3 is 49.3 Å². The summed E-state index contributed by atoms with van der Waals surface area (Å²) in [5, 5.41) is 20.4. The number of imidazole rings is 1. The average molecular weight is 547 g/mol. The average Bonchev–Trinajstić information content (AvgIpc) is 3.13. The van der Waals surface area contributed by atoms with Crippen LogP contribution in [0.3, 0.4) is 0 Å². The Morgan fingerprint density at radius 2 is 1.66 bits per heavy atom. The first-order chi connectivity index (χ1) is 14.2. The van der Waals surface area contributed by atoms with E-state index in [4.69, 9.17) is 10.5 Å². The molecule has 4 N–H and O–H groups in total. The van der Waals surface area contributed by atoms with Crippen LogP contribution in [0.4, 0.5) is 5.82 Å². The minimum Gasteiger partial charge on any atom is -0.790 e. The molecule has 0 amide bonds. The second kappa shape index (κ2) is 14.7. The Morgan fingerprint density at radius 3 is 2.23 bits per heavy atom. The molecule has 0 spiro atoms. The third-order valence-electron chi connectivity index (χ3n) is 3.80. The minimum atomic E-state index is -6.04. The number of nitrogen functional groups attached to an aromatic ring is 1. The Kier molecular flexibility index (Phi) is 16.2. The Morgan fingerprint density at radius 1 is 1.06 bits per heavy atom. The van der Waals surface area contributed by atoms with Gasteiger partial charge in [-0.2, -0.15) is 0 Å². The number of phosphoric acid groups is 2. The van der Waals surface area contributed by atoms with Crippen molar-refractivity contribution in [1.82, 2.24) is 19.5 Å². The van der Waals surface area contributed by atoms with Gasteiger partial charge in [0.15, 0.2) is 17.7 Å². The fraction of sp³-hybridized carbons (Fsp3) is 0.500. The summed E-state index contributed by atoms with van der Waals surface area (Å²) in [5.41, 5.74) is 6.02. The Hall–Kier alpha value is 1.45. The van der Waals surface area contributed by atoms with Crippen molar-refractivity contribution in [2.75, 3.05) is 12.3 Å². The van der Waals surface area contributed by atoms with E-state index in [-0.39, 0.29) is 92.4 Å². The van der Waals surface area contributed by atoms with Gasteiger partial charge in [-0.3, -0.25) is 17.8 Å². The first-order valence-electron chi connectivity index (χ1n) is 7.85. The van der Waals surface area contributed by atoms with Crippen LogP contribution in [0.15, 0.2) is 12.7 Å². The summed E-state index contributed by atoms with van der Waals surface area (Å²) in [6.07, 6.45) is -3.56. The van der Waals surface area contributed by atoms with Crippen LogP contribution in [0, 0.1) is 0 Å². The van der Waals surface area contributed by atoms with E-state index in [1.165, 1.54) is 10.9 Å². The molecule has 1 aliphatic rings. The number of nitrogens with two attached hydrogens (primary N) is 1. The van der Waals surface area contributed by atoms with Crippen LogP contribution in [-0.4, -0.2) is 54.7 Å². The first kappa shape index (κ1) is 38.6. The van der Waals surface area contributed by atoms with Gasteiger partial charge in [-0.1, -0.05) is 11.8 Å². The normalized spacial score (nSPS) is 25.2. The van der Waals surface area contributed by atoms with Crippen molar-refractivity contribution in [3.8, 4) is 0 Å². The second-order valence-electron chi connectivity index (χ2n) is 5.93. The number of ether oxygens (including phenoxy) is 1. The van der Waals surface area contributed by atoms with Crippen molar-refractivity contribution in [2.24, 2.45) is 0 Å². The molecule has 174 valence electrons. The zero-order valence-electron chi connectivity index (χ0n) is 18.8. The molecule has 2 aromatic heterocycles. The van der Waals surface area contributed by atoms with Crippen molar-refractivity contribution >= 4 is 51.2 Å². The van der Waals surface area contributed by atoms with Gasteiger partial charge in [-0.15, -0.1) is 0 Å². The quantitative estimate of drug-likeness (QED) is 0.204. The smallest absolute Gasteiger partial charge is 0.790 e. The molecule has 0 aromatic carbocycles. The molecular weight excluding hydrogens is 535 g/mol. The van der Waals surface area contributed by atoms with E-state index in [2.05, 4.69) is 39.9 Å². The number of nitrogens with zero attached hydrogens (tertiary/aromatic N) is 4. The Labute approximate surface area is 250 Å². The summed E-state index contributed by atoms with van der Waals surface area (Å²) in [5.74, 6) is 0.0471. The van der Waals surface area contributed by atoms with E-state index in [0.717, 1.165) is 6.33 Å². The van der Waals surface area contributed by atoms with E-state index in [0.29, 0.717) is 0 Å². The van der Waals surface area contributed by atoms with Gasteiger partial charge in [0.2, 0.25) is 0 Å². The van der Waals surface area contributed by atoms with E-state index in [9.17, 15) is 38.9 Å². The predicted octanol–water partition coefficient (Wildman–Crippen LogP) is -16.0. The van der Waals surface area contributed by atoms with Gasteiger partial charge in [-0.25, -0.2) is 15.0 Å². The fourth-order valence-electron chi connectivity index (χ4n) is 2.60. The first-order valence-corrected chi connectivity index (χ1v) is 13.3. The molecule has 0 radical (unpaired) electrons. The molecule has 17 nitrogen and oxygen atoms in total. The Balaban J connectivity index is 0. The van der Waals surface area contributed by atoms with Crippen molar-refractivity contribution < 1.29 is 132 Å². The maximum atomic E-state index is 12.0. The van der Waals surface area contributed by atoms with Crippen LogP contribution in [0.1, 0.15) is 6.23 Å². The molecule has 6 atom stereocenters. The van der Waals surface area contributed by atoms with Gasteiger partial charge in [-0.05, 0) is 0 Å². The van der Waals surface area contributed by atoms with Gasteiger partial charge in [0.25, 0.3) is 7.82 Å². The topological polar surface area (TPSA) is 273 Å². The molecule has 2 unspecified atom stereocenters. The van der Waals surface area contributed by atoms with Crippen LogP contribution in [0.25, 0.3) is 11.2 Å². The van der Waals surface area contributed by atoms with Crippen LogP contribution in [-0.2, 0) is 38.8 Å². The van der Waals surface area contributed by atoms with Crippen molar-refractivity contribution in [1.29, 1.82) is 0 Å². The molecule has 0 aliphatic carbocycles. The monoisotopic (exact) mass is 547 g/mol. The third kappa shape index (κ3) is 10.2. The Bertz CT molecular complexity index is 1130. The van der Waals surface area contributed by atoms with Gasteiger partial charge >= 0.3 is 75.4 Å². The third-order valence-corrected chi connectivity index (χ3v) is 8.38. The molecule has 2 aromatic rings. The van der Waals surface area contributed by atoms with Crippen LogP contribution >= 0.6 is 22.4 Å². The maximum absolute atomic E-state index is 12.0. The summed E-state index contributed by atoms with van der Waals surface area (Å²) >= 11 is 4.29. The van der Waals surface area contributed by atoms with E-state index in [1.807, 2.05) is 0 Å². The zero-order valence-corrected chi connectivity index (χ0v) is 22.3. The molecule has 0 saturated carbocycles. The molecule has 35 heavy (non-hydrogen) atoms.